The third kappa shape index (κ3) is 2.34. The maximum Gasteiger partial charge on any atom is 0.261 e. The predicted octanol–water partition coefficient (Wildman–Crippen LogP) is 0.695. The number of carbonyl (C=O) groups excluding carboxylic acids is 1. The number of nitrogens with zero attached hydrogens (tertiary/aromatic N) is 1. The second-order valence-electron chi connectivity index (χ2n) is 4.22. The summed E-state index contributed by atoms with van der Waals surface area (Å²) in [6, 6.07) is 4.17. The van der Waals surface area contributed by atoms with Crippen LogP contribution in [-0.4, -0.2) is 45.3 Å². The quantitative estimate of drug-likeness (QED) is 0.671. The van der Waals surface area contributed by atoms with E-state index >= 15 is 0 Å². The van der Waals surface area contributed by atoms with Crippen LogP contribution in [0, 0.1) is 0 Å². The molecule has 1 fully saturated rings. The molecule has 1 atom stereocenters. The van der Waals surface area contributed by atoms with Crippen LogP contribution in [-0.2, 0) is 0 Å². The molecule has 0 spiro atoms. The predicted molar refractivity (Wildman–Crippen MR) is 60.9 cm³/mol. The van der Waals surface area contributed by atoms with E-state index in [1.54, 1.807) is 0 Å². The first-order valence-corrected chi connectivity index (χ1v) is 5.58. The van der Waals surface area contributed by atoms with Crippen LogP contribution in [0.2, 0.25) is 0 Å². The molecule has 1 aliphatic rings. The lowest BCUT2D eigenvalue weighted by Gasteiger charge is -2.30. The van der Waals surface area contributed by atoms with Gasteiger partial charge in [0.05, 0.1) is 6.10 Å². The highest BCUT2D eigenvalue weighted by molar-refractivity contribution is 5.99. The van der Waals surface area contributed by atoms with Crippen molar-refractivity contribution in [3.63, 3.8) is 0 Å². The van der Waals surface area contributed by atoms with E-state index in [-0.39, 0.29) is 23.6 Å². The Morgan fingerprint density at radius 1 is 1.29 bits per heavy atom. The molecule has 0 aromatic heterocycles. The maximum absolute atomic E-state index is 12.1. The minimum absolute atomic E-state index is 0.0957. The van der Waals surface area contributed by atoms with Gasteiger partial charge in [-0.1, -0.05) is 6.07 Å². The minimum atomic E-state index is -0.527. The van der Waals surface area contributed by atoms with Gasteiger partial charge in [-0.15, -0.1) is 0 Å². The van der Waals surface area contributed by atoms with Crippen molar-refractivity contribution in [3.8, 4) is 11.5 Å². The van der Waals surface area contributed by atoms with Crippen molar-refractivity contribution in [2.45, 2.75) is 18.9 Å². The molecule has 1 amide bonds. The summed E-state index contributed by atoms with van der Waals surface area (Å²) >= 11 is 0. The zero-order valence-electron chi connectivity index (χ0n) is 9.33. The number of hydrogen-bond acceptors (Lipinski definition) is 4. The number of aromatic hydroxyl groups is 2. The molecular formula is C12H15NO4. The summed E-state index contributed by atoms with van der Waals surface area (Å²) in [7, 11) is 0. The van der Waals surface area contributed by atoms with Gasteiger partial charge in [0.1, 0.15) is 17.1 Å². The number of aliphatic hydroxyl groups is 1. The van der Waals surface area contributed by atoms with E-state index in [0.29, 0.717) is 13.0 Å². The zero-order valence-corrected chi connectivity index (χ0v) is 9.33. The number of amides is 1. The first-order chi connectivity index (χ1) is 8.09. The van der Waals surface area contributed by atoms with Gasteiger partial charge >= 0.3 is 0 Å². The second kappa shape index (κ2) is 4.63. The molecule has 3 N–H and O–H groups in total. The summed E-state index contributed by atoms with van der Waals surface area (Å²) in [5.74, 6) is -0.926. The van der Waals surface area contributed by atoms with Gasteiger partial charge in [0.15, 0.2) is 0 Å². The molecule has 0 bridgehead atoms. The number of piperidine rings is 1. The van der Waals surface area contributed by atoms with E-state index < -0.39 is 12.0 Å². The smallest absolute Gasteiger partial charge is 0.261 e. The number of hydrogen-bond donors (Lipinski definition) is 3. The van der Waals surface area contributed by atoms with E-state index in [9.17, 15) is 20.1 Å². The lowest BCUT2D eigenvalue weighted by atomic mass is 10.1. The number of benzene rings is 1. The van der Waals surface area contributed by atoms with Crippen molar-refractivity contribution in [1.29, 1.82) is 0 Å². The van der Waals surface area contributed by atoms with Gasteiger partial charge in [0.2, 0.25) is 0 Å². The molecule has 1 aliphatic heterocycles. The number of aliphatic hydroxyl groups excluding tert-OH is 1. The van der Waals surface area contributed by atoms with Gasteiger partial charge in [-0.05, 0) is 25.0 Å². The summed E-state index contributed by atoms with van der Waals surface area (Å²) in [6.45, 7) is 0.774. The van der Waals surface area contributed by atoms with Crippen LogP contribution in [0.25, 0.3) is 0 Å². The molecule has 1 saturated heterocycles. The van der Waals surface area contributed by atoms with E-state index in [1.165, 1.54) is 23.1 Å². The van der Waals surface area contributed by atoms with Crippen molar-refractivity contribution in [2.24, 2.45) is 0 Å². The Hall–Kier alpha value is -1.75. The number of phenols is 2. The van der Waals surface area contributed by atoms with Gasteiger partial charge in [-0.25, -0.2) is 0 Å². The van der Waals surface area contributed by atoms with E-state index in [2.05, 4.69) is 0 Å². The highest BCUT2D eigenvalue weighted by Gasteiger charge is 2.26. The first-order valence-electron chi connectivity index (χ1n) is 5.58. The molecular weight excluding hydrogens is 222 g/mol. The Kier molecular flexibility index (Phi) is 3.19. The maximum atomic E-state index is 12.1. The Labute approximate surface area is 98.9 Å². The summed E-state index contributed by atoms with van der Waals surface area (Å²) in [5.41, 5.74) is -0.0957. The van der Waals surface area contributed by atoms with E-state index in [1.807, 2.05) is 0 Å². The van der Waals surface area contributed by atoms with Crippen LogP contribution in [0.4, 0.5) is 0 Å². The monoisotopic (exact) mass is 237 g/mol. The Morgan fingerprint density at radius 2 is 1.94 bits per heavy atom. The van der Waals surface area contributed by atoms with Gasteiger partial charge in [-0.3, -0.25) is 4.79 Å². The highest BCUT2D eigenvalue weighted by Crippen LogP contribution is 2.28. The molecule has 1 heterocycles. The summed E-state index contributed by atoms with van der Waals surface area (Å²) in [5, 5.41) is 28.7. The van der Waals surface area contributed by atoms with Gasteiger partial charge in [0, 0.05) is 13.1 Å². The molecule has 0 radical (unpaired) electrons. The largest absolute Gasteiger partial charge is 0.507 e. The van der Waals surface area contributed by atoms with E-state index in [4.69, 9.17) is 0 Å². The standard InChI is InChI=1S/C12H15NO4/c14-8-3-2-6-13(7-8)12(17)11-9(15)4-1-5-10(11)16/h1,4-5,8,14-16H,2-3,6-7H2. The molecule has 5 nitrogen and oxygen atoms in total. The number of β-amino-alcohol motifs (C(OH)–C–C–N with tert-alkyl or cyclic N) is 1. The molecule has 1 unspecified atom stereocenters. The molecule has 0 aliphatic carbocycles. The first kappa shape index (κ1) is 11.7. The minimum Gasteiger partial charge on any atom is -0.507 e. The average molecular weight is 237 g/mol. The number of likely N-dealkylation sites (tertiary alicyclic amines) is 1. The summed E-state index contributed by atoms with van der Waals surface area (Å²) < 4.78 is 0. The topological polar surface area (TPSA) is 81.0 Å². The van der Waals surface area contributed by atoms with Crippen molar-refractivity contribution in [3.05, 3.63) is 23.8 Å². The SMILES string of the molecule is O=C(c1c(O)cccc1O)N1CCCC(O)C1. The Balaban J connectivity index is 2.24. The molecule has 92 valence electrons. The van der Waals surface area contributed by atoms with Gasteiger partial charge < -0.3 is 20.2 Å². The van der Waals surface area contributed by atoms with Gasteiger partial charge in [-0.2, -0.15) is 0 Å². The van der Waals surface area contributed by atoms with Crippen LogP contribution in [0.1, 0.15) is 23.2 Å². The van der Waals surface area contributed by atoms with Gasteiger partial charge in [0.25, 0.3) is 5.91 Å². The lowest BCUT2D eigenvalue weighted by molar-refractivity contribution is 0.0468. The molecule has 0 saturated carbocycles. The molecule has 1 aromatic rings. The number of phenolic OH excluding ortho intramolecular Hbond substituents is 2. The summed E-state index contributed by atoms with van der Waals surface area (Å²) in [6.07, 6.45) is 0.873. The average Bonchev–Trinajstić information content (AvgIpc) is 2.28. The Bertz CT molecular complexity index is 412. The third-order valence-corrected chi connectivity index (χ3v) is 2.92. The fourth-order valence-corrected chi connectivity index (χ4v) is 2.04. The van der Waals surface area contributed by atoms with Crippen LogP contribution in [0.3, 0.4) is 0 Å². The fraction of sp³-hybridized carbons (Fsp3) is 0.417. The molecule has 5 heteroatoms. The van der Waals surface area contributed by atoms with Crippen molar-refractivity contribution >= 4 is 5.91 Å². The molecule has 1 aromatic carbocycles. The van der Waals surface area contributed by atoms with Crippen LogP contribution in [0.5, 0.6) is 11.5 Å². The van der Waals surface area contributed by atoms with Crippen LogP contribution >= 0.6 is 0 Å². The highest BCUT2D eigenvalue weighted by atomic mass is 16.3. The molecule has 17 heavy (non-hydrogen) atoms. The normalized spacial score (nSPS) is 20.3. The van der Waals surface area contributed by atoms with Crippen molar-refractivity contribution in [1.82, 2.24) is 4.90 Å². The van der Waals surface area contributed by atoms with Crippen LogP contribution < -0.4 is 0 Å². The second-order valence-corrected chi connectivity index (χ2v) is 4.22. The molecule has 2 rings (SSSR count). The number of rotatable bonds is 1. The van der Waals surface area contributed by atoms with E-state index in [0.717, 1.165) is 6.42 Å². The summed E-state index contributed by atoms with van der Waals surface area (Å²) in [4.78, 5) is 13.5. The fourth-order valence-electron chi connectivity index (χ4n) is 2.04. The van der Waals surface area contributed by atoms with Crippen LogP contribution in [0.15, 0.2) is 18.2 Å². The zero-order chi connectivity index (χ0) is 12.4. The lowest BCUT2D eigenvalue weighted by Crippen LogP contribution is -2.42. The van der Waals surface area contributed by atoms with Crippen molar-refractivity contribution in [2.75, 3.05) is 13.1 Å². The third-order valence-electron chi connectivity index (χ3n) is 2.92. The van der Waals surface area contributed by atoms with Crippen molar-refractivity contribution < 1.29 is 20.1 Å². The number of carbonyl (C=O) groups is 1. The Morgan fingerprint density at radius 3 is 2.53 bits per heavy atom.